The van der Waals surface area contributed by atoms with E-state index in [-0.39, 0.29) is 24.8 Å². The first kappa shape index (κ1) is 20.0. The van der Waals surface area contributed by atoms with E-state index in [9.17, 15) is 22.8 Å². The molecule has 0 aliphatic carbocycles. The number of halogens is 3. The SMILES string of the molecule is O=C(O)CCN(C(=O)COc1cccc(C(F)(F)F)c1)C1CCOCC1. The number of carboxylic acid groups (broad SMARTS) is 1. The van der Waals surface area contributed by atoms with Gasteiger partial charge in [0.25, 0.3) is 5.91 Å². The lowest BCUT2D eigenvalue weighted by Crippen LogP contribution is -2.46. The van der Waals surface area contributed by atoms with Crippen LogP contribution in [0.3, 0.4) is 0 Å². The zero-order valence-electron chi connectivity index (χ0n) is 14.0. The molecule has 0 atom stereocenters. The van der Waals surface area contributed by atoms with Gasteiger partial charge in [0.15, 0.2) is 6.61 Å². The normalized spacial score (nSPS) is 15.5. The van der Waals surface area contributed by atoms with E-state index in [4.69, 9.17) is 14.6 Å². The Kier molecular flexibility index (Phi) is 6.84. The molecule has 1 amide bonds. The Morgan fingerprint density at radius 2 is 1.96 bits per heavy atom. The Morgan fingerprint density at radius 3 is 2.58 bits per heavy atom. The molecule has 9 heteroatoms. The molecule has 0 bridgehead atoms. The van der Waals surface area contributed by atoms with Crippen LogP contribution in [0, 0.1) is 0 Å². The fraction of sp³-hybridized carbons (Fsp3) is 0.529. The van der Waals surface area contributed by atoms with E-state index in [1.807, 2.05) is 0 Å². The van der Waals surface area contributed by atoms with E-state index < -0.39 is 30.2 Å². The van der Waals surface area contributed by atoms with Crippen molar-refractivity contribution in [2.45, 2.75) is 31.5 Å². The highest BCUT2D eigenvalue weighted by atomic mass is 19.4. The summed E-state index contributed by atoms with van der Waals surface area (Å²) >= 11 is 0. The van der Waals surface area contributed by atoms with Crippen LogP contribution in [-0.4, -0.2) is 54.3 Å². The highest BCUT2D eigenvalue weighted by molar-refractivity contribution is 5.79. The third-order valence-corrected chi connectivity index (χ3v) is 4.04. The number of carbonyl (C=O) groups excluding carboxylic acids is 1. The number of amides is 1. The van der Waals surface area contributed by atoms with Gasteiger partial charge in [-0.05, 0) is 31.0 Å². The van der Waals surface area contributed by atoms with Crippen LogP contribution in [0.1, 0.15) is 24.8 Å². The van der Waals surface area contributed by atoms with Gasteiger partial charge in [-0.25, -0.2) is 0 Å². The predicted octanol–water partition coefficient (Wildman–Crippen LogP) is 2.57. The molecule has 1 aromatic carbocycles. The quantitative estimate of drug-likeness (QED) is 0.793. The summed E-state index contributed by atoms with van der Waals surface area (Å²) < 4.78 is 48.6. The second-order valence-electron chi connectivity index (χ2n) is 5.89. The first-order valence-electron chi connectivity index (χ1n) is 8.16. The minimum absolute atomic E-state index is 0.0186. The monoisotopic (exact) mass is 375 g/mol. The zero-order valence-corrected chi connectivity index (χ0v) is 14.0. The number of hydrogen-bond acceptors (Lipinski definition) is 4. The van der Waals surface area contributed by atoms with Crippen LogP contribution in [0.15, 0.2) is 24.3 Å². The van der Waals surface area contributed by atoms with E-state index in [0.717, 1.165) is 12.1 Å². The van der Waals surface area contributed by atoms with Crippen LogP contribution in [0.25, 0.3) is 0 Å². The number of carboxylic acids is 1. The maximum absolute atomic E-state index is 12.7. The Hall–Kier alpha value is -2.29. The fourth-order valence-electron chi connectivity index (χ4n) is 2.71. The van der Waals surface area contributed by atoms with E-state index >= 15 is 0 Å². The van der Waals surface area contributed by atoms with Crippen molar-refractivity contribution in [3.63, 3.8) is 0 Å². The van der Waals surface area contributed by atoms with Crippen molar-refractivity contribution in [3.8, 4) is 5.75 Å². The van der Waals surface area contributed by atoms with Crippen LogP contribution in [0.5, 0.6) is 5.75 Å². The molecule has 0 saturated carbocycles. The van der Waals surface area contributed by atoms with Crippen molar-refractivity contribution in [2.24, 2.45) is 0 Å². The summed E-state index contributed by atoms with van der Waals surface area (Å²) in [5.74, 6) is -1.57. The lowest BCUT2D eigenvalue weighted by molar-refractivity contribution is -0.141. The van der Waals surface area contributed by atoms with Crippen molar-refractivity contribution < 1.29 is 37.3 Å². The fourth-order valence-corrected chi connectivity index (χ4v) is 2.71. The van der Waals surface area contributed by atoms with Crippen molar-refractivity contribution >= 4 is 11.9 Å². The highest BCUT2D eigenvalue weighted by Crippen LogP contribution is 2.31. The topological polar surface area (TPSA) is 76.1 Å². The minimum Gasteiger partial charge on any atom is -0.484 e. The first-order chi connectivity index (χ1) is 12.3. The number of benzene rings is 1. The molecule has 0 radical (unpaired) electrons. The average Bonchev–Trinajstić information content (AvgIpc) is 2.60. The second-order valence-corrected chi connectivity index (χ2v) is 5.89. The van der Waals surface area contributed by atoms with E-state index in [2.05, 4.69) is 0 Å². The Balaban J connectivity index is 2.00. The standard InChI is InChI=1S/C17H20F3NO5/c18-17(19,20)12-2-1-3-14(10-12)26-11-15(22)21(7-4-16(23)24)13-5-8-25-9-6-13/h1-3,10,13H,4-9,11H2,(H,23,24). The van der Waals surface area contributed by atoms with Crippen molar-refractivity contribution in [1.29, 1.82) is 0 Å². The molecule has 6 nitrogen and oxygen atoms in total. The van der Waals surface area contributed by atoms with Crippen molar-refractivity contribution in [3.05, 3.63) is 29.8 Å². The summed E-state index contributed by atoms with van der Waals surface area (Å²) in [6, 6.07) is 4.10. The maximum atomic E-state index is 12.7. The van der Waals surface area contributed by atoms with E-state index in [1.54, 1.807) is 0 Å². The molecule has 1 aliphatic heterocycles. The third kappa shape index (κ3) is 5.91. The molecule has 1 saturated heterocycles. The van der Waals surface area contributed by atoms with Gasteiger partial charge < -0.3 is 19.5 Å². The summed E-state index contributed by atoms with van der Waals surface area (Å²) in [6.45, 7) is 0.495. The summed E-state index contributed by atoms with van der Waals surface area (Å²) in [5.41, 5.74) is -0.866. The number of rotatable bonds is 7. The van der Waals surface area contributed by atoms with Gasteiger partial charge in [-0.3, -0.25) is 9.59 Å². The van der Waals surface area contributed by atoms with Crippen LogP contribution in [0.4, 0.5) is 13.2 Å². The summed E-state index contributed by atoms with van der Waals surface area (Å²) in [7, 11) is 0. The van der Waals surface area contributed by atoms with Crippen LogP contribution in [-0.2, 0) is 20.5 Å². The molecular weight excluding hydrogens is 355 g/mol. The lowest BCUT2D eigenvalue weighted by atomic mass is 10.1. The molecule has 1 heterocycles. The molecule has 1 N–H and O–H groups in total. The van der Waals surface area contributed by atoms with Gasteiger partial charge in [-0.15, -0.1) is 0 Å². The Labute approximate surface area is 148 Å². The van der Waals surface area contributed by atoms with Gasteiger partial charge in [-0.1, -0.05) is 6.07 Å². The Morgan fingerprint density at radius 1 is 1.27 bits per heavy atom. The van der Waals surface area contributed by atoms with Crippen molar-refractivity contribution in [2.75, 3.05) is 26.4 Å². The molecule has 0 aromatic heterocycles. The van der Waals surface area contributed by atoms with Gasteiger partial charge in [-0.2, -0.15) is 13.2 Å². The minimum atomic E-state index is -4.50. The molecule has 1 aromatic rings. The summed E-state index contributed by atoms with van der Waals surface area (Å²) in [5, 5.41) is 8.86. The largest absolute Gasteiger partial charge is 0.484 e. The molecule has 26 heavy (non-hydrogen) atoms. The highest BCUT2D eigenvalue weighted by Gasteiger charge is 2.31. The van der Waals surface area contributed by atoms with Crippen molar-refractivity contribution in [1.82, 2.24) is 4.90 Å². The van der Waals surface area contributed by atoms with Gasteiger partial charge in [0.1, 0.15) is 5.75 Å². The van der Waals surface area contributed by atoms with Gasteiger partial charge in [0.2, 0.25) is 0 Å². The molecule has 144 valence electrons. The first-order valence-corrected chi connectivity index (χ1v) is 8.16. The van der Waals surface area contributed by atoms with Crippen LogP contribution in [0.2, 0.25) is 0 Å². The Bertz CT molecular complexity index is 629. The predicted molar refractivity (Wildman–Crippen MR) is 84.7 cm³/mol. The van der Waals surface area contributed by atoms with E-state index in [0.29, 0.717) is 26.1 Å². The second kappa shape index (κ2) is 8.88. The number of nitrogens with zero attached hydrogens (tertiary/aromatic N) is 1. The van der Waals surface area contributed by atoms with Gasteiger partial charge >= 0.3 is 12.1 Å². The number of aliphatic carboxylic acids is 1. The maximum Gasteiger partial charge on any atom is 0.416 e. The molecule has 2 rings (SSSR count). The number of ether oxygens (including phenoxy) is 2. The molecule has 0 spiro atoms. The molecule has 1 fully saturated rings. The van der Waals surface area contributed by atoms with Gasteiger partial charge in [0.05, 0.1) is 12.0 Å². The van der Waals surface area contributed by atoms with Gasteiger partial charge in [0, 0.05) is 25.8 Å². The van der Waals surface area contributed by atoms with Crippen LogP contribution < -0.4 is 4.74 Å². The summed E-state index contributed by atoms with van der Waals surface area (Å²) in [4.78, 5) is 24.7. The number of hydrogen-bond donors (Lipinski definition) is 1. The third-order valence-electron chi connectivity index (χ3n) is 4.04. The van der Waals surface area contributed by atoms with E-state index in [1.165, 1.54) is 17.0 Å². The van der Waals surface area contributed by atoms with Crippen LogP contribution >= 0.6 is 0 Å². The molecule has 1 aliphatic rings. The lowest BCUT2D eigenvalue weighted by Gasteiger charge is -2.34. The molecule has 0 unspecified atom stereocenters. The zero-order chi connectivity index (χ0) is 19.2. The molecular formula is C17H20F3NO5. The average molecular weight is 375 g/mol. The smallest absolute Gasteiger partial charge is 0.416 e. The number of carbonyl (C=O) groups is 2. The summed E-state index contributed by atoms with van der Waals surface area (Å²) in [6.07, 6.45) is -3.56. The number of alkyl halides is 3.